The van der Waals surface area contributed by atoms with E-state index in [1.54, 1.807) is 0 Å². The summed E-state index contributed by atoms with van der Waals surface area (Å²) in [4.78, 5) is 9.63. The monoisotopic (exact) mass is 121 g/mol. The van der Waals surface area contributed by atoms with E-state index in [1.165, 1.54) is 6.92 Å². The quantitative estimate of drug-likeness (QED) is 0.562. The predicted octanol–water partition coefficient (Wildman–Crippen LogP) is 0.612. The third-order valence-corrected chi connectivity index (χ3v) is 0.535. The summed E-state index contributed by atoms with van der Waals surface area (Å²) in [7, 11) is 0. The first-order chi connectivity index (χ1) is 3.63. The van der Waals surface area contributed by atoms with Gasteiger partial charge in [0.2, 0.25) is 0 Å². The zero-order valence-corrected chi connectivity index (χ0v) is 4.52. The summed E-state index contributed by atoms with van der Waals surface area (Å²) in [6.45, 7) is 1.16. The van der Waals surface area contributed by atoms with Gasteiger partial charge in [-0.15, -0.1) is 0 Å². The lowest BCUT2D eigenvalue weighted by Crippen LogP contribution is -2.26. The van der Waals surface area contributed by atoms with Gasteiger partial charge in [-0.3, -0.25) is 0 Å². The van der Waals surface area contributed by atoms with Crippen molar-refractivity contribution in [1.29, 1.82) is 0 Å². The number of carboxylic acid groups (broad SMARTS) is 1. The van der Waals surface area contributed by atoms with Gasteiger partial charge >= 0.3 is 6.09 Å². The molecule has 0 saturated carbocycles. The first-order valence-corrected chi connectivity index (χ1v) is 2.24. The number of halogens is 1. The molecule has 3 nitrogen and oxygen atoms in total. The summed E-state index contributed by atoms with van der Waals surface area (Å²) in [5.41, 5.74) is 0. The van der Waals surface area contributed by atoms with Crippen LogP contribution < -0.4 is 5.32 Å². The lowest BCUT2D eigenvalue weighted by Gasteiger charge is -1.98. The second-order valence-electron chi connectivity index (χ2n) is 1.47. The Morgan fingerprint density at radius 2 is 2.50 bits per heavy atom. The number of alkyl halides is 1. The van der Waals surface area contributed by atoms with Gasteiger partial charge < -0.3 is 10.4 Å². The summed E-state index contributed by atoms with van der Waals surface area (Å²) < 4.78 is 11.7. The van der Waals surface area contributed by atoms with Crippen LogP contribution in [0.25, 0.3) is 0 Å². The standard InChI is InChI=1S/C4H8FNO2/c1-3(5)2-6-4(7)8/h3,6H,2H2,1H3,(H,7,8)/t3-/m1/s1. The predicted molar refractivity (Wildman–Crippen MR) is 26.6 cm³/mol. The van der Waals surface area contributed by atoms with Crippen molar-refractivity contribution in [2.45, 2.75) is 13.1 Å². The van der Waals surface area contributed by atoms with Crippen LogP contribution in [0.3, 0.4) is 0 Å². The van der Waals surface area contributed by atoms with Crippen LogP contribution in [0.2, 0.25) is 0 Å². The molecular formula is C4H8FNO2. The van der Waals surface area contributed by atoms with E-state index in [2.05, 4.69) is 0 Å². The lowest BCUT2D eigenvalue weighted by atomic mass is 10.4. The maximum atomic E-state index is 11.7. The van der Waals surface area contributed by atoms with Gasteiger partial charge in [0.15, 0.2) is 0 Å². The van der Waals surface area contributed by atoms with Crippen LogP contribution in [-0.4, -0.2) is 23.9 Å². The van der Waals surface area contributed by atoms with Crippen LogP contribution in [-0.2, 0) is 0 Å². The maximum absolute atomic E-state index is 11.7. The average molecular weight is 121 g/mol. The molecule has 0 aromatic carbocycles. The van der Waals surface area contributed by atoms with E-state index in [9.17, 15) is 9.18 Å². The van der Waals surface area contributed by atoms with Gasteiger partial charge in [-0.25, -0.2) is 9.18 Å². The second kappa shape index (κ2) is 3.23. The smallest absolute Gasteiger partial charge is 0.404 e. The van der Waals surface area contributed by atoms with Crippen molar-refractivity contribution in [3.8, 4) is 0 Å². The fraction of sp³-hybridized carbons (Fsp3) is 0.750. The molecule has 0 unspecified atom stereocenters. The van der Waals surface area contributed by atoms with Crippen molar-refractivity contribution in [1.82, 2.24) is 5.32 Å². The molecule has 0 radical (unpaired) electrons. The van der Waals surface area contributed by atoms with E-state index in [-0.39, 0.29) is 6.54 Å². The molecule has 8 heavy (non-hydrogen) atoms. The Balaban J connectivity index is 3.05. The summed E-state index contributed by atoms with van der Waals surface area (Å²) >= 11 is 0. The number of rotatable bonds is 2. The van der Waals surface area contributed by atoms with E-state index in [0.717, 1.165) is 0 Å². The Morgan fingerprint density at radius 1 is 2.00 bits per heavy atom. The molecule has 0 aliphatic heterocycles. The Morgan fingerprint density at radius 3 is 2.62 bits per heavy atom. The topological polar surface area (TPSA) is 49.3 Å². The van der Waals surface area contributed by atoms with Crippen molar-refractivity contribution in [2.75, 3.05) is 6.54 Å². The minimum Gasteiger partial charge on any atom is -0.465 e. The van der Waals surface area contributed by atoms with Crippen LogP contribution in [0.1, 0.15) is 6.92 Å². The fourth-order valence-corrected chi connectivity index (χ4v) is 0.228. The highest BCUT2D eigenvalue weighted by Gasteiger charge is 1.98. The highest BCUT2D eigenvalue weighted by molar-refractivity contribution is 5.64. The maximum Gasteiger partial charge on any atom is 0.404 e. The first-order valence-electron chi connectivity index (χ1n) is 2.24. The van der Waals surface area contributed by atoms with Gasteiger partial charge in [-0.05, 0) is 6.92 Å². The summed E-state index contributed by atoms with van der Waals surface area (Å²) in [6.07, 6.45) is -2.29. The number of hydrogen-bond donors (Lipinski definition) is 2. The molecule has 0 spiro atoms. The van der Waals surface area contributed by atoms with Crippen LogP contribution >= 0.6 is 0 Å². The first kappa shape index (κ1) is 7.20. The second-order valence-corrected chi connectivity index (χ2v) is 1.47. The van der Waals surface area contributed by atoms with Gasteiger partial charge in [-0.2, -0.15) is 0 Å². The molecule has 4 heteroatoms. The number of amides is 1. The van der Waals surface area contributed by atoms with Crippen molar-refractivity contribution in [3.63, 3.8) is 0 Å². The van der Waals surface area contributed by atoms with Crippen LogP contribution in [0.4, 0.5) is 9.18 Å². The third-order valence-electron chi connectivity index (χ3n) is 0.535. The minimum absolute atomic E-state index is 0.130. The van der Waals surface area contributed by atoms with Crippen LogP contribution in [0.15, 0.2) is 0 Å². The Kier molecular flexibility index (Phi) is 2.91. The summed E-state index contributed by atoms with van der Waals surface area (Å²) in [6, 6.07) is 0. The average Bonchev–Trinajstić information content (AvgIpc) is 1.61. The fourth-order valence-electron chi connectivity index (χ4n) is 0.228. The molecule has 0 saturated heterocycles. The highest BCUT2D eigenvalue weighted by Crippen LogP contribution is 1.82. The van der Waals surface area contributed by atoms with E-state index >= 15 is 0 Å². The minimum atomic E-state index is -1.19. The highest BCUT2D eigenvalue weighted by atomic mass is 19.1. The molecule has 0 fully saturated rings. The van der Waals surface area contributed by atoms with E-state index in [1.807, 2.05) is 5.32 Å². The van der Waals surface area contributed by atoms with E-state index in [0.29, 0.717) is 0 Å². The number of hydrogen-bond acceptors (Lipinski definition) is 1. The van der Waals surface area contributed by atoms with Crippen molar-refractivity contribution in [3.05, 3.63) is 0 Å². The van der Waals surface area contributed by atoms with Gasteiger partial charge in [0, 0.05) is 0 Å². The van der Waals surface area contributed by atoms with Crippen molar-refractivity contribution in [2.24, 2.45) is 0 Å². The Hall–Kier alpha value is -0.800. The largest absolute Gasteiger partial charge is 0.465 e. The molecule has 0 aromatic heterocycles. The summed E-state index contributed by atoms with van der Waals surface area (Å²) in [5, 5.41) is 9.77. The zero-order chi connectivity index (χ0) is 6.57. The van der Waals surface area contributed by atoms with Gasteiger partial charge in [0.05, 0.1) is 6.54 Å². The number of nitrogens with one attached hydrogen (secondary N) is 1. The Labute approximate surface area is 46.5 Å². The molecular weight excluding hydrogens is 113 g/mol. The van der Waals surface area contributed by atoms with Gasteiger partial charge in [0.25, 0.3) is 0 Å². The van der Waals surface area contributed by atoms with Crippen molar-refractivity contribution >= 4 is 6.09 Å². The molecule has 0 bridgehead atoms. The van der Waals surface area contributed by atoms with Crippen molar-refractivity contribution < 1.29 is 14.3 Å². The molecule has 0 aromatic rings. The molecule has 0 rings (SSSR count). The van der Waals surface area contributed by atoms with E-state index in [4.69, 9.17) is 5.11 Å². The normalized spacial score (nSPS) is 12.8. The molecule has 1 amide bonds. The SMILES string of the molecule is C[C@@H](F)CNC(=O)O. The molecule has 2 N–H and O–H groups in total. The lowest BCUT2D eigenvalue weighted by molar-refractivity contribution is 0.190. The van der Waals surface area contributed by atoms with E-state index < -0.39 is 12.3 Å². The molecule has 0 aliphatic rings. The Bertz CT molecular complexity index is 84.1. The summed E-state index contributed by atoms with van der Waals surface area (Å²) in [5.74, 6) is 0. The molecule has 0 heterocycles. The van der Waals surface area contributed by atoms with Gasteiger partial charge in [0.1, 0.15) is 6.17 Å². The van der Waals surface area contributed by atoms with Crippen LogP contribution in [0.5, 0.6) is 0 Å². The molecule has 48 valence electrons. The van der Waals surface area contributed by atoms with Gasteiger partial charge in [-0.1, -0.05) is 0 Å². The van der Waals surface area contributed by atoms with Crippen LogP contribution in [0, 0.1) is 0 Å². The number of carbonyl (C=O) groups is 1. The third kappa shape index (κ3) is 5.20. The zero-order valence-electron chi connectivity index (χ0n) is 4.52. The molecule has 0 aliphatic carbocycles. The molecule has 1 atom stereocenters.